The first kappa shape index (κ1) is 14.4. The smallest absolute Gasteiger partial charge is 0.0934 e. The molecule has 1 aromatic heterocycles. The monoisotopic (exact) mass is 325 g/mol. The van der Waals surface area contributed by atoms with Gasteiger partial charge in [0.25, 0.3) is 0 Å². The zero-order chi connectivity index (χ0) is 14.1. The average Bonchev–Trinajstić information content (AvgIpc) is 2.81. The van der Waals surface area contributed by atoms with Crippen LogP contribution in [-0.2, 0) is 6.42 Å². The highest BCUT2D eigenvalue weighted by molar-refractivity contribution is 7.16. The molecule has 0 fully saturated rings. The first-order valence-corrected chi connectivity index (χ1v) is 8.50. The van der Waals surface area contributed by atoms with Crippen LogP contribution in [0.5, 0.6) is 0 Å². The van der Waals surface area contributed by atoms with Crippen LogP contribution in [-0.4, -0.2) is 0 Å². The quantitative estimate of drug-likeness (QED) is 0.753. The van der Waals surface area contributed by atoms with Crippen molar-refractivity contribution in [2.24, 2.45) is 0 Å². The maximum atomic E-state index is 6.16. The van der Waals surface area contributed by atoms with Crippen molar-refractivity contribution in [3.63, 3.8) is 0 Å². The topological polar surface area (TPSA) is 12.0 Å². The highest BCUT2D eigenvalue weighted by Gasteiger charge is 2.24. The van der Waals surface area contributed by atoms with E-state index >= 15 is 0 Å². The van der Waals surface area contributed by atoms with Crippen LogP contribution < -0.4 is 5.32 Å². The van der Waals surface area contributed by atoms with Gasteiger partial charge in [0, 0.05) is 22.0 Å². The van der Waals surface area contributed by atoms with Gasteiger partial charge in [-0.15, -0.1) is 11.3 Å². The molecule has 1 nitrogen and oxygen atoms in total. The molecule has 0 bridgehead atoms. The van der Waals surface area contributed by atoms with Crippen LogP contribution in [0.1, 0.15) is 47.9 Å². The van der Waals surface area contributed by atoms with Crippen LogP contribution in [0.15, 0.2) is 30.3 Å². The van der Waals surface area contributed by atoms with E-state index in [-0.39, 0.29) is 0 Å². The number of nitrogens with one attached hydrogen (secondary N) is 1. The number of rotatable bonds is 3. The zero-order valence-corrected chi connectivity index (χ0v) is 13.7. The van der Waals surface area contributed by atoms with Crippen LogP contribution >= 0.6 is 34.5 Å². The summed E-state index contributed by atoms with van der Waals surface area (Å²) in [7, 11) is 0. The van der Waals surface area contributed by atoms with Crippen LogP contribution in [0.25, 0.3) is 0 Å². The van der Waals surface area contributed by atoms with Crippen molar-refractivity contribution < 1.29 is 0 Å². The third-order valence-corrected chi connectivity index (χ3v) is 5.50. The summed E-state index contributed by atoms with van der Waals surface area (Å²) in [4.78, 5) is 1.45. The maximum absolute atomic E-state index is 6.16. The largest absolute Gasteiger partial charge is 0.303 e. The molecule has 0 spiro atoms. The predicted octanol–water partition coefficient (Wildman–Crippen LogP) is 5.78. The van der Waals surface area contributed by atoms with E-state index in [0.29, 0.717) is 12.1 Å². The Morgan fingerprint density at radius 2 is 2.00 bits per heavy atom. The molecule has 0 aliphatic heterocycles. The van der Waals surface area contributed by atoms with E-state index in [1.54, 1.807) is 11.3 Å². The van der Waals surface area contributed by atoms with Crippen molar-refractivity contribution in [3.8, 4) is 0 Å². The number of benzene rings is 1. The lowest BCUT2D eigenvalue weighted by molar-refractivity contribution is 0.418. The Morgan fingerprint density at radius 3 is 2.75 bits per heavy atom. The van der Waals surface area contributed by atoms with Gasteiger partial charge in [0.15, 0.2) is 0 Å². The number of halogens is 2. The summed E-state index contributed by atoms with van der Waals surface area (Å²) in [5, 5.41) is 4.51. The SMILES string of the molecule is C[C@@H](NC1CCCc2sc(Cl)cc21)c1ccc(Cl)cc1. The highest BCUT2D eigenvalue weighted by atomic mass is 35.5. The second-order valence-electron chi connectivity index (χ2n) is 5.31. The summed E-state index contributed by atoms with van der Waals surface area (Å²) < 4.78 is 0.905. The fourth-order valence-corrected chi connectivity index (χ4v) is 4.35. The molecule has 0 saturated heterocycles. The molecule has 1 aliphatic carbocycles. The molecule has 0 radical (unpaired) electrons. The van der Waals surface area contributed by atoms with Gasteiger partial charge in [-0.3, -0.25) is 0 Å². The fourth-order valence-electron chi connectivity index (χ4n) is 2.84. The van der Waals surface area contributed by atoms with Gasteiger partial charge in [0.05, 0.1) is 4.34 Å². The van der Waals surface area contributed by atoms with Crippen molar-refractivity contribution in [1.82, 2.24) is 5.32 Å². The maximum Gasteiger partial charge on any atom is 0.0934 e. The molecule has 1 aromatic carbocycles. The van der Waals surface area contributed by atoms with Gasteiger partial charge in [-0.2, -0.15) is 0 Å². The van der Waals surface area contributed by atoms with Gasteiger partial charge >= 0.3 is 0 Å². The standard InChI is InChI=1S/C16H17Cl2NS/c1-10(11-5-7-12(17)8-6-11)19-14-3-2-4-15-13(14)9-16(18)20-15/h5-10,14,19H,2-4H2,1H3/t10-,14?/m1/s1. The van der Waals surface area contributed by atoms with Crippen molar-refractivity contribution >= 4 is 34.5 Å². The summed E-state index contributed by atoms with van der Waals surface area (Å²) in [6, 6.07) is 10.9. The molecule has 20 heavy (non-hydrogen) atoms. The fraction of sp³-hybridized carbons (Fsp3) is 0.375. The lowest BCUT2D eigenvalue weighted by atomic mass is 9.93. The molecular formula is C16H17Cl2NS. The van der Waals surface area contributed by atoms with Crippen molar-refractivity contribution in [1.29, 1.82) is 0 Å². The number of fused-ring (bicyclic) bond motifs is 1. The molecular weight excluding hydrogens is 309 g/mol. The van der Waals surface area contributed by atoms with Crippen LogP contribution in [0.3, 0.4) is 0 Å². The third kappa shape index (κ3) is 3.04. The highest BCUT2D eigenvalue weighted by Crippen LogP contribution is 2.38. The number of thiophene rings is 1. The van der Waals surface area contributed by atoms with E-state index in [0.717, 1.165) is 9.36 Å². The van der Waals surface area contributed by atoms with Gasteiger partial charge in [-0.05, 0) is 55.5 Å². The molecule has 1 N–H and O–H groups in total. The van der Waals surface area contributed by atoms with Crippen molar-refractivity contribution in [3.05, 3.63) is 55.7 Å². The van der Waals surface area contributed by atoms with Gasteiger partial charge in [0.2, 0.25) is 0 Å². The van der Waals surface area contributed by atoms with E-state index in [4.69, 9.17) is 23.2 Å². The predicted molar refractivity (Wildman–Crippen MR) is 88.0 cm³/mol. The zero-order valence-electron chi connectivity index (χ0n) is 11.3. The molecule has 0 amide bonds. The van der Waals surface area contributed by atoms with Crippen LogP contribution in [0, 0.1) is 0 Å². The van der Waals surface area contributed by atoms with E-state index in [2.05, 4.69) is 30.4 Å². The molecule has 1 aliphatic rings. The minimum Gasteiger partial charge on any atom is -0.303 e. The van der Waals surface area contributed by atoms with E-state index in [9.17, 15) is 0 Å². The van der Waals surface area contributed by atoms with Crippen LogP contribution in [0.2, 0.25) is 9.36 Å². The molecule has 2 atom stereocenters. The Labute approximate surface area is 133 Å². The third-order valence-electron chi connectivity index (χ3n) is 3.90. The molecule has 2 aromatic rings. The number of aryl methyl sites for hydroxylation is 1. The number of hydrogen-bond acceptors (Lipinski definition) is 2. The van der Waals surface area contributed by atoms with E-state index < -0.39 is 0 Å². The summed E-state index contributed by atoms with van der Waals surface area (Å²) in [6.07, 6.45) is 3.58. The Hall–Kier alpha value is -0.540. The molecule has 4 heteroatoms. The minimum atomic E-state index is 0.307. The van der Waals surface area contributed by atoms with Crippen molar-refractivity contribution in [2.45, 2.75) is 38.3 Å². The Morgan fingerprint density at radius 1 is 1.25 bits per heavy atom. The van der Waals surface area contributed by atoms with Gasteiger partial charge < -0.3 is 5.32 Å². The van der Waals surface area contributed by atoms with E-state index in [1.165, 1.54) is 35.3 Å². The number of hydrogen-bond donors (Lipinski definition) is 1. The van der Waals surface area contributed by atoms with E-state index in [1.807, 2.05) is 12.1 Å². The first-order valence-electron chi connectivity index (χ1n) is 6.93. The van der Waals surface area contributed by atoms with Gasteiger partial charge in [0.1, 0.15) is 0 Å². The Kier molecular flexibility index (Phi) is 4.37. The summed E-state index contributed by atoms with van der Waals surface area (Å²) >= 11 is 13.8. The van der Waals surface area contributed by atoms with Crippen molar-refractivity contribution in [2.75, 3.05) is 0 Å². The summed E-state index contributed by atoms with van der Waals surface area (Å²) in [6.45, 7) is 2.20. The first-order chi connectivity index (χ1) is 9.63. The Bertz CT molecular complexity index is 591. The van der Waals surface area contributed by atoms with Crippen LogP contribution in [0.4, 0.5) is 0 Å². The minimum absolute atomic E-state index is 0.307. The lowest BCUT2D eigenvalue weighted by Crippen LogP contribution is -2.27. The summed E-state index contributed by atoms with van der Waals surface area (Å²) in [5.74, 6) is 0. The average molecular weight is 326 g/mol. The van der Waals surface area contributed by atoms with Gasteiger partial charge in [-0.1, -0.05) is 35.3 Å². The molecule has 3 rings (SSSR count). The normalized spacial score (nSPS) is 19.6. The van der Waals surface area contributed by atoms with Gasteiger partial charge in [-0.25, -0.2) is 0 Å². The molecule has 1 unspecified atom stereocenters. The summed E-state index contributed by atoms with van der Waals surface area (Å²) in [5.41, 5.74) is 2.66. The molecule has 1 heterocycles. The second kappa shape index (κ2) is 6.07. The lowest BCUT2D eigenvalue weighted by Gasteiger charge is -2.27. The second-order valence-corrected chi connectivity index (χ2v) is 7.52. The molecule has 106 valence electrons. The molecule has 0 saturated carbocycles. The Balaban J connectivity index is 1.76.